The third-order valence-corrected chi connectivity index (χ3v) is 6.38. The van der Waals surface area contributed by atoms with Crippen molar-refractivity contribution in [2.75, 3.05) is 18.4 Å². The van der Waals surface area contributed by atoms with Crippen molar-refractivity contribution in [2.24, 2.45) is 0 Å². The summed E-state index contributed by atoms with van der Waals surface area (Å²) in [6, 6.07) is 7.69. The molecule has 9 heteroatoms. The van der Waals surface area contributed by atoms with E-state index in [1.54, 1.807) is 19.9 Å². The Labute approximate surface area is 157 Å². The van der Waals surface area contributed by atoms with E-state index in [9.17, 15) is 13.2 Å². The zero-order chi connectivity index (χ0) is 19.6. The maximum atomic E-state index is 12.5. The number of amides is 1. The van der Waals surface area contributed by atoms with Gasteiger partial charge in [-0.1, -0.05) is 13.8 Å². The Morgan fingerprint density at radius 3 is 2.48 bits per heavy atom. The SMILES string of the molecule is CCN(CC)S(=O)(=O)c1ccc(C(=O)Nc2cnc3n[nH]c(C)c3c2)cc1. The van der Waals surface area contributed by atoms with Crippen LogP contribution in [0.5, 0.6) is 0 Å². The molecule has 2 aromatic heterocycles. The predicted octanol–water partition coefficient (Wildman–Crippen LogP) is 2.55. The molecule has 2 heterocycles. The van der Waals surface area contributed by atoms with Gasteiger partial charge in [-0.25, -0.2) is 13.4 Å². The van der Waals surface area contributed by atoms with Gasteiger partial charge in [0.25, 0.3) is 5.91 Å². The van der Waals surface area contributed by atoms with Gasteiger partial charge in [-0.05, 0) is 37.3 Å². The Hall–Kier alpha value is -2.78. The molecule has 0 saturated heterocycles. The second-order valence-corrected chi connectivity index (χ2v) is 7.95. The molecule has 0 atom stereocenters. The van der Waals surface area contributed by atoms with Gasteiger partial charge in [0.1, 0.15) is 0 Å². The Balaban J connectivity index is 1.80. The fourth-order valence-corrected chi connectivity index (χ4v) is 4.24. The van der Waals surface area contributed by atoms with E-state index in [-0.39, 0.29) is 10.8 Å². The fraction of sp³-hybridized carbons (Fsp3) is 0.278. The zero-order valence-corrected chi connectivity index (χ0v) is 16.2. The summed E-state index contributed by atoms with van der Waals surface area (Å²) in [4.78, 5) is 16.8. The molecule has 0 fully saturated rings. The van der Waals surface area contributed by atoms with E-state index in [2.05, 4.69) is 20.5 Å². The number of carbonyl (C=O) groups is 1. The highest BCUT2D eigenvalue weighted by Gasteiger charge is 2.21. The summed E-state index contributed by atoms with van der Waals surface area (Å²) in [5.41, 5.74) is 2.34. The van der Waals surface area contributed by atoms with Crippen molar-refractivity contribution in [2.45, 2.75) is 25.7 Å². The molecule has 0 aliphatic carbocycles. The van der Waals surface area contributed by atoms with Crippen LogP contribution in [0.25, 0.3) is 11.0 Å². The van der Waals surface area contributed by atoms with Crippen molar-refractivity contribution in [3.8, 4) is 0 Å². The van der Waals surface area contributed by atoms with E-state index < -0.39 is 10.0 Å². The first-order valence-electron chi connectivity index (χ1n) is 8.59. The van der Waals surface area contributed by atoms with Gasteiger partial charge >= 0.3 is 0 Å². The van der Waals surface area contributed by atoms with Crippen LogP contribution in [-0.4, -0.2) is 46.9 Å². The summed E-state index contributed by atoms with van der Waals surface area (Å²) < 4.78 is 26.4. The third-order valence-electron chi connectivity index (χ3n) is 4.32. The Kier molecular flexibility index (Phi) is 5.24. The number of hydrogen-bond acceptors (Lipinski definition) is 5. The molecule has 3 aromatic rings. The maximum Gasteiger partial charge on any atom is 0.255 e. The molecule has 0 radical (unpaired) electrons. The van der Waals surface area contributed by atoms with E-state index in [0.29, 0.717) is 30.0 Å². The minimum atomic E-state index is -3.54. The lowest BCUT2D eigenvalue weighted by Crippen LogP contribution is -2.30. The van der Waals surface area contributed by atoms with Crippen LogP contribution >= 0.6 is 0 Å². The molecule has 0 aliphatic heterocycles. The Morgan fingerprint density at radius 1 is 1.19 bits per heavy atom. The Bertz CT molecular complexity index is 1070. The summed E-state index contributed by atoms with van der Waals surface area (Å²) in [6.45, 7) is 6.23. The highest BCUT2D eigenvalue weighted by atomic mass is 32.2. The van der Waals surface area contributed by atoms with Crippen LogP contribution in [0.15, 0.2) is 41.4 Å². The fourth-order valence-electron chi connectivity index (χ4n) is 2.78. The van der Waals surface area contributed by atoms with Gasteiger partial charge in [0.05, 0.1) is 16.8 Å². The van der Waals surface area contributed by atoms with E-state index in [1.807, 2.05) is 6.92 Å². The van der Waals surface area contributed by atoms with Gasteiger partial charge in [0, 0.05) is 29.7 Å². The number of aryl methyl sites for hydroxylation is 1. The standard InChI is InChI=1S/C18H21N5O3S/c1-4-23(5-2)27(25,26)15-8-6-13(7-9-15)18(24)20-14-10-16-12(3)21-22-17(16)19-11-14/h6-11H,4-5H2,1-3H3,(H,20,24)(H,19,21,22). The molecule has 0 bridgehead atoms. The highest BCUT2D eigenvalue weighted by molar-refractivity contribution is 7.89. The van der Waals surface area contributed by atoms with Crippen molar-refractivity contribution >= 4 is 32.7 Å². The molecule has 3 rings (SSSR count). The smallest absolute Gasteiger partial charge is 0.255 e. The second-order valence-electron chi connectivity index (χ2n) is 6.01. The highest BCUT2D eigenvalue weighted by Crippen LogP contribution is 2.19. The van der Waals surface area contributed by atoms with Gasteiger partial charge in [-0.15, -0.1) is 0 Å². The first kappa shape index (κ1) is 19.0. The zero-order valence-electron chi connectivity index (χ0n) is 15.4. The number of aromatic amines is 1. The van der Waals surface area contributed by atoms with Crippen molar-refractivity contribution in [3.05, 3.63) is 47.8 Å². The van der Waals surface area contributed by atoms with Crippen molar-refractivity contribution in [1.82, 2.24) is 19.5 Å². The minimum absolute atomic E-state index is 0.167. The van der Waals surface area contributed by atoms with Gasteiger partial charge in [0.15, 0.2) is 5.65 Å². The number of benzene rings is 1. The molecule has 0 aliphatic rings. The molecular formula is C18H21N5O3S. The molecule has 27 heavy (non-hydrogen) atoms. The molecule has 0 unspecified atom stereocenters. The summed E-state index contributed by atoms with van der Waals surface area (Å²) in [5.74, 6) is -0.343. The average Bonchev–Trinajstić information content (AvgIpc) is 3.03. The molecule has 142 valence electrons. The molecule has 1 aromatic carbocycles. The van der Waals surface area contributed by atoms with Crippen LogP contribution in [0.4, 0.5) is 5.69 Å². The topological polar surface area (TPSA) is 108 Å². The van der Waals surface area contributed by atoms with Crippen molar-refractivity contribution in [1.29, 1.82) is 0 Å². The summed E-state index contributed by atoms with van der Waals surface area (Å²) >= 11 is 0. The number of rotatable bonds is 6. The predicted molar refractivity (Wildman–Crippen MR) is 103 cm³/mol. The average molecular weight is 387 g/mol. The summed E-state index contributed by atoms with van der Waals surface area (Å²) in [6.07, 6.45) is 1.53. The number of anilines is 1. The molecule has 0 saturated carbocycles. The van der Waals surface area contributed by atoms with Gasteiger partial charge < -0.3 is 5.32 Å². The summed E-state index contributed by atoms with van der Waals surface area (Å²) in [5, 5.41) is 10.5. The third kappa shape index (κ3) is 3.69. The number of aromatic nitrogens is 3. The number of hydrogen-bond donors (Lipinski definition) is 2. The minimum Gasteiger partial charge on any atom is -0.321 e. The number of sulfonamides is 1. The number of pyridine rings is 1. The van der Waals surface area contributed by atoms with E-state index in [0.717, 1.165) is 11.1 Å². The van der Waals surface area contributed by atoms with Crippen LogP contribution in [-0.2, 0) is 10.0 Å². The van der Waals surface area contributed by atoms with Crippen LogP contribution in [0.1, 0.15) is 29.9 Å². The maximum absolute atomic E-state index is 12.5. The molecule has 0 spiro atoms. The number of carbonyl (C=O) groups excluding carboxylic acids is 1. The lowest BCUT2D eigenvalue weighted by molar-refractivity contribution is 0.102. The quantitative estimate of drug-likeness (QED) is 0.676. The molecular weight excluding hydrogens is 366 g/mol. The number of fused-ring (bicyclic) bond motifs is 1. The largest absolute Gasteiger partial charge is 0.321 e. The van der Waals surface area contributed by atoms with Gasteiger partial charge in [-0.2, -0.15) is 9.40 Å². The lowest BCUT2D eigenvalue weighted by Gasteiger charge is -2.18. The number of H-pyrrole nitrogens is 1. The second kappa shape index (κ2) is 7.45. The van der Waals surface area contributed by atoms with Crippen molar-refractivity contribution in [3.63, 3.8) is 0 Å². The normalized spacial score (nSPS) is 11.9. The van der Waals surface area contributed by atoms with E-state index in [1.165, 1.54) is 34.8 Å². The Morgan fingerprint density at radius 2 is 1.85 bits per heavy atom. The monoisotopic (exact) mass is 387 g/mol. The summed E-state index contributed by atoms with van der Waals surface area (Å²) in [7, 11) is -3.54. The van der Waals surface area contributed by atoms with Crippen LogP contribution in [0, 0.1) is 6.92 Å². The van der Waals surface area contributed by atoms with E-state index in [4.69, 9.17) is 0 Å². The van der Waals surface area contributed by atoms with Crippen LogP contribution in [0.2, 0.25) is 0 Å². The lowest BCUT2D eigenvalue weighted by atomic mass is 10.2. The van der Waals surface area contributed by atoms with Crippen molar-refractivity contribution < 1.29 is 13.2 Å². The van der Waals surface area contributed by atoms with Crippen LogP contribution < -0.4 is 5.32 Å². The molecule has 2 N–H and O–H groups in total. The van der Waals surface area contributed by atoms with Gasteiger partial charge in [-0.3, -0.25) is 9.89 Å². The van der Waals surface area contributed by atoms with E-state index >= 15 is 0 Å². The van der Waals surface area contributed by atoms with Gasteiger partial charge in [0.2, 0.25) is 10.0 Å². The first-order chi connectivity index (χ1) is 12.9. The molecule has 1 amide bonds. The van der Waals surface area contributed by atoms with Crippen LogP contribution in [0.3, 0.4) is 0 Å². The number of nitrogens with one attached hydrogen (secondary N) is 2. The first-order valence-corrected chi connectivity index (χ1v) is 10.0. The molecule has 8 nitrogen and oxygen atoms in total. The number of nitrogens with zero attached hydrogens (tertiary/aromatic N) is 3.